The third-order valence-corrected chi connectivity index (χ3v) is 5.64. The summed E-state index contributed by atoms with van der Waals surface area (Å²) in [7, 11) is 0. The van der Waals surface area contributed by atoms with Gasteiger partial charge in [-0.3, -0.25) is 9.59 Å². The van der Waals surface area contributed by atoms with Crippen molar-refractivity contribution in [1.29, 1.82) is 0 Å². The molecule has 1 aliphatic carbocycles. The number of aryl methyl sites for hydroxylation is 1. The predicted octanol–water partition coefficient (Wildman–Crippen LogP) is 2.78. The van der Waals surface area contributed by atoms with Gasteiger partial charge >= 0.3 is 5.97 Å². The van der Waals surface area contributed by atoms with Crippen molar-refractivity contribution in [3.63, 3.8) is 0 Å². The maximum atomic E-state index is 12.3. The van der Waals surface area contributed by atoms with Crippen molar-refractivity contribution >= 4 is 28.9 Å². The number of hydrogen-bond acceptors (Lipinski definition) is 7. The van der Waals surface area contributed by atoms with Crippen LogP contribution in [0.5, 0.6) is 0 Å². The number of nitrogens with one attached hydrogen (secondary N) is 1. The number of benzene rings is 1. The molecule has 29 heavy (non-hydrogen) atoms. The van der Waals surface area contributed by atoms with Crippen molar-refractivity contribution in [2.45, 2.75) is 19.8 Å². The van der Waals surface area contributed by atoms with Crippen molar-refractivity contribution in [2.24, 2.45) is 0 Å². The first-order valence-corrected chi connectivity index (χ1v) is 10.3. The Bertz CT molecular complexity index is 931. The second kappa shape index (κ2) is 9.58. The molecule has 2 aliphatic rings. The first-order valence-electron chi connectivity index (χ1n) is 9.48. The first-order chi connectivity index (χ1) is 14.0. The van der Waals surface area contributed by atoms with Gasteiger partial charge in [0.25, 0.3) is 0 Å². The fourth-order valence-corrected chi connectivity index (χ4v) is 4.03. The summed E-state index contributed by atoms with van der Waals surface area (Å²) >= 11 is 1.29. The number of carbonyl (C=O) groups excluding carboxylic acids is 2. The van der Waals surface area contributed by atoms with Crippen LogP contribution >= 0.6 is 11.3 Å². The van der Waals surface area contributed by atoms with E-state index in [1.807, 2.05) is 6.92 Å². The van der Waals surface area contributed by atoms with E-state index in [4.69, 9.17) is 5.11 Å². The Labute approximate surface area is 173 Å². The van der Waals surface area contributed by atoms with Crippen LogP contribution in [-0.2, 0) is 0 Å². The van der Waals surface area contributed by atoms with Gasteiger partial charge in [-0.1, -0.05) is 18.2 Å². The molecule has 152 valence electrons. The van der Waals surface area contributed by atoms with Crippen LogP contribution in [0, 0.1) is 6.92 Å². The molecule has 0 amide bonds. The molecule has 2 heterocycles. The van der Waals surface area contributed by atoms with Crippen LogP contribution in [0.25, 0.3) is 0 Å². The van der Waals surface area contributed by atoms with Gasteiger partial charge in [0, 0.05) is 19.2 Å². The number of likely N-dealkylation sites (tertiary alicyclic amines) is 1. The standard InChI is InChI=1S/C14H17N3O2S.C7H6O2/c1-9-16-12-13(19)10(8-11(18)14(12)20-9)15-4-7-17-5-2-3-6-17;8-7(9)6-4-2-1-3-5-6/h8,15H,2-7H2,1H3;1-5H,(H,8,9). The topological polar surface area (TPSA) is 99.6 Å². The summed E-state index contributed by atoms with van der Waals surface area (Å²) < 4.78 is 0. The second-order valence-electron chi connectivity index (χ2n) is 6.81. The number of carboxylic acids is 1. The minimum Gasteiger partial charge on any atom is -0.478 e. The van der Waals surface area contributed by atoms with Crippen molar-refractivity contribution in [3.8, 4) is 0 Å². The lowest BCUT2D eigenvalue weighted by Crippen LogP contribution is -2.33. The fraction of sp³-hybridized carbons (Fsp3) is 0.333. The number of thiazole rings is 1. The van der Waals surface area contributed by atoms with E-state index in [1.165, 1.54) is 30.3 Å². The van der Waals surface area contributed by atoms with E-state index >= 15 is 0 Å². The van der Waals surface area contributed by atoms with Gasteiger partial charge < -0.3 is 15.3 Å². The van der Waals surface area contributed by atoms with Crippen molar-refractivity contribution in [1.82, 2.24) is 15.2 Å². The largest absolute Gasteiger partial charge is 0.478 e. The lowest BCUT2D eigenvalue weighted by atomic mass is 10.0. The number of allylic oxidation sites excluding steroid dienone is 2. The number of hydrogen-bond donors (Lipinski definition) is 2. The molecule has 8 heteroatoms. The van der Waals surface area contributed by atoms with Gasteiger partial charge in [-0.2, -0.15) is 0 Å². The zero-order valence-corrected chi connectivity index (χ0v) is 17.0. The third kappa shape index (κ3) is 5.36. The van der Waals surface area contributed by atoms with E-state index in [0.29, 0.717) is 28.4 Å². The highest BCUT2D eigenvalue weighted by Gasteiger charge is 2.29. The number of carboxylic acid groups (broad SMARTS) is 1. The molecule has 2 aromatic rings. The summed E-state index contributed by atoms with van der Waals surface area (Å²) in [6.45, 7) is 5.65. The Morgan fingerprint density at radius 1 is 1.21 bits per heavy atom. The maximum absolute atomic E-state index is 12.3. The average molecular weight is 413 g/mol. The Morgan fingerprint density at radius 2 is 1.90 bits per heavy atom. The summed E-state index contributed by atoms with van der Waals surface area (Å²) in [5.41, 5.74) is 1.02. The van der Waals surface area contributed by atoms with Crippen LogP contribution in [0.4, 0.5) is 0 Å². The average Bonchev–Trinajstić information content (AvgIpc) is 3.37. The highest BCUT2D eigenvalue weighted by molar-refractivity contribution is 7.14. The van der Waals surface area contributed by atoms with Crippen LogP contribution in [-0.4, -0.2) is 58.7 Å². The Hall–Kier alpha value is -2.84. The lowest BCUT2D eigenvalue weighted by molar-refractivity contribution is 0.0696. The number of fused-ring (bicyclic) bond motifs is 1. The fourth-order valence-electron chi connectivity index (χ4n) is 3.20. The number of carbonyl (C=O) groups is 3. The van der Waals surface area contributed by atoms with Gasteiger partial charge in [0.15, 0.2) is 5.78 Å². The smallest absolute Gasteiger partial charge is 0.335 e. The number of ketones is 2. The van der Waals surface area contributed by atoms with Gasteiger partial charge in [-0.25, -0.2) is 9.78 Å². The molecule has 7 nitrogen and oxygen atoms in total. The summed E-state index contributed by atoms with van der Waals surface area (Å²) in [4.78, 5) is 41.4. The molecule has 1 aliphatic heterocycles. The monoisotopic (exact) mass is 413 g/mol. The quantitative estimate of drug-likeness (QED) is 0.777. The molecular weight excluding hydrogens is 390 g/mol. The van der Waals surface area contributed by atoms with E-state index in [2.05, 4.69) is 15.2 Å². The van der Waals surface area contributed by atoms with Gasteiger partial charge in [0.2, 0.25) is 5.78 Å². The van der Waals surface area contributed by atoms with Crippen molar-refractivity contribution < 1.29 is 19.5 Å². The Kier molecular flexibility index (Phi) is 6.90. The Balaban J connectivity index is 0.000000224. The third-order valence-electron chi connectivity index (χ3n) is 4.66. The molecule has 0 saturated carbocycles. The van der Waals surface area contributed by atoms with Crippen LogP contribution in [0.15, 0.2) is 42.1 Å². The number of aromatic nitrogens is 1. The normalized spacial score (nSPS) is 16.0. The summed E-state index contributed by atoms with van der Waals surface area (Å²) in [6, 6.07) is 8.30. The number of nitrogens with zero attached hydrogens (tertiary/aromatic N) is 2. The van der Waals surface area contributed by atoms with E-state index in [1.54, 1.807) is 30.3 Å². The SMILES string of the molecule is Cc1nc2c(s1)C(=O)C=C(NCCN1CCCC1)C2=O.O=C(O)c1ccccc1. The zero-order valence-electron chi connectivity index (χ0n) is 16.2. The second-order valence-corrected chi connectivity index (χ2v) is 8.01. The molecule has 0 spiro atoms. The Morgan fingerprint density at radius 3 is 2.52 bits per heavy atom. The predicted molar refractivity (Wildman–Crippen MR) is 111 cm³/mol. The zero-order chi connectivity index (χ0) is 20.8. The highest BCUT2D eigenvalue weighted by atomic mass is 32.1. The highest BCUT2D eigenvalue weighted by Crippen LogP contribution is 2.25. The number of aromatic carboxylic acids is 1. The molecule has 1 fully saturated rings. The van der Waals surface area contributed by atoms with Crippen LogP contribution in [0.2, 0.25) is 0 Å². The molecule has 0 bridgehead atoms. The first kappa shape index (κ1) is 20.9. The van der Waals surface area contributed by atoms with E-state index in [-0.39, 0.29) is 11.6 Å². The van der Waals surface area contributed by atoms with Gasteiger partial charge in [-0.15, -0.1) is 11.3 Å². The molecular formula is C21H23N3O4S. The lowest BCUT2D eigenvalue weighted by Gasteiger charge is -2.17. The van der Waals surface area contributed by atoms with Crippen LogP contribution in [0.1, 0.15) is 48.4 Å². The summed E-state index contributed by atoms with van der Waals surface area (Å²) in [5, 5.41) is 12.2. The maximum Gasteiger partial charge on any atom is 0.335 e. The molecule has 4 rings (SSSR count). The minimum absolute atomic E-state index is 0.117. The summed E-state index contributed by atoms with van der Waals surface area (Å²) in [5.74, 6) is -1.16. The molecule has 1 aromatic carbocycles. The molecule has 0 radical (unpaired) electrons. The number of Topliss-reactive ketones (excluding diaryl/α,β-unsaturated/α-hetero) is 1. The molecule has 0 atom stereocenters. The van der Waals surface area contributed by atoms with Gasteiger partial charge in [-0.05, 0) is 45.0 Å². The summed E-state index contributed by atoms with van der Waals surface area (Å²) in [6.07, 6.45) is 3.91. The number of rotatable bonds is 5. The molecule has 1 saturated heterocycles. The minimum atomic E-state index is -0.879. The van der Waals surface area contributed by atoms with Gasteiger partial charge in [0.1, 0.15) is 10.6 Å². The molecule has 1 aromatic heterocycles. The van der Waals surface area contributed by atoms with E-state index in [9.17, 15) is 14.4 Å². The van der Waals surface area contributed by atoms with E-state index < -0.39 is 5.97 Å². The van der Waals surface area contributed by atoms with Crippen LogP contribution in [0.3, 0.4) is 0 Å². The van der Waals surface area contributed by atoms with Crippen molar-refractivity contribution in [2.75, 3.05) is 26.2 Å². The van der Waals surface area contributed by atoms with Gasteiger partial charge in [0.05, 0.1) is 16.3 Å². The molecule has 0 unspecified atom stereocenters. The molecule has 2 N–H and O–H groups in total. The van der Waals surface area contributed by atoms with E-state index in [0.717, 1.165) is 24.6 Å². The van der Waals surface area contributed by atoms with Crippen LogP contribution < -0.4 is 5.32 Å². The van der Waals surface area contributed by atoms with Crippen molar-refractivity contribution in [3.05, 3.63) is 63.2 Å².